The van der Waals surface area contributed by atoms with Gasteiger partial charge in [0.05, 0.1) is 5.56 Å². The molecule has 0 unspecified atom stereocenters. The van der Waals surface area contributed by atoms with Crippen molar-refractivity contribution in [3.8, 4) is 17.1 Å². The van der Waals surface area contributed by atoms with Crippen LogP contribution >= 0.6 is 0 Å². The van der Waals surface area contributed by atoms with Crippen LogP contribution in [0, 0.1) is 12.8 Å². The topological polar surface area (TPSA) is 90.1 Å². The molecule has 3 aromatic rings. The van der Waals surface area contributed by atoms with Gasteiger partial charge in [0.15, 0.2) is 5.82 Å². The molecule has 0 spiro atoms. The zero-order valence-electron chi connectivity index (χ0n) is 14.3. The summed E-state index contributed by atoms with van der Waals surface area (Å²) in [6, 6.07) is 13.2. The second-order valence-corrected chi connectivity index (χ2v) is 6.24. The molecule has 7 nitrogen and oxygen atoms in total. The first-order chi connectivity index (χ1) is 12.7. The first kappa shape index (κ1) is 16.3. The van der Waals surface area contributed by atoms with E-state index in [1.54, 1.807) is 12.1 Å². The van der Waals surface area contributed by atoms with Crippen molar-refractivity contribution in [2.24, 2.45) is 5.92 Å². The standard InChI is InChI=1S/C19H18N4O3/c1-12-15(18(23-26-12)13-5-3-2-4-6-13)11-25-17-10-9-16(21-22-17)20-19(24)14-7-8-14/h2-6,9-10,14H,7-8,11H2,1H3,(H,20,21,24). The van der Waals surface area contributed by atoms with Crippen molar-refractivity contribution in [3.63, 3.8) is 0 Å². The maximum absolute atomic E-state index is 11.7. The molecule has 0 aliphatic heterocycles. The lowest BCUT2D eigenvalue weighted by molar-refractivity contribution is -0.117. The second-order valence-electron chi connectivity index (χ2n) is 6.24. The van der Waals surface area contributed by atoms with Crippen LogP contribution in [0.25, 0.3) is 11.3 Å². The molecule has 0 atom stereocenters. The van der Waals surface area contributed by atoms with Crippen LogP contribution < -0.4 is 10.1 Å². The molecule has 1 aromatic carbocycles. The highest BCUT2D eigenvalue weighted by Crippen LogP contribution is 2.30. The van der Waals surface area contributed by atoms with Gasteiger partial charge in [-0.15, -0.1) is 10.2 Å². The largest absolute Gasteiger partial charge is 0.472 e. The number of aryl methyl sites for hydroxylation is 1. The SMILES string of the molecule is Cc1onc(-c2ccccc2)c1COc1ccc(NC(=O)C2CC2)nn1. The quantitative estimate of drug-likeness (QED) is 0.733. The van der Waals surface area contributed by atoms with Crippen LogP contribution in [0.3, 0.4) is 0 Å². The third-order valence-electron chi connectivity index (χ3n) is 4.24. The molecule has 1 aliphatic rings. The van der Waals surface area contributed by atoms with Crippen LogP contribution in [-0.4, -0.2) is 21.3 Å². The zero-order valence-corrected chi connectivity index (χ0v) is 14.3. The first-order valence-electron chi connectivity index (χ1n) is 8.48. The van der Waals surface area contributed by atoms with Gasteiger partial charge in [0.2, 0.25) is 11.8 Å². The zero-order chi connectivity index (χ0) is 17.9. The van der Waals surface area contributed by atoms with E-state index in [-0.39, 0.29) is 18.4 Å². The van der Waals surface area contributed by atoms with Crippen LogP contribution in [0.15, 0.2) is 47.0 Å². The molecule has 1 amide bonds. The molecule has 1 aliphatic carbocycles. The third-order valence-corrected chi connectivity index (χ3v) is 4.24. The summed E-state index contributed by atoms with van der Waals surface area (Å²) in [5, 5.41) is 14.9. The van der Waals surface area contributed by atoms with E-state index in [9.17, 15) is 4.79 Å². The fraction of sp³-hybridized carbons (Fsp3) is 0.263. The van der Waals surface area contributed by atoms with E-state index < -0.39 is 0 Å². The Morgan fingerprint density at radius 2 is 2.00 bits per heavy atom. The van der Waals surface area contributed by atoms with Crippen molar-refractivity contribution < 1.29 is 14.1 Å². The van der Waals surface area contributed by atoms with E-state index in [0.717, 1.165) is 29.7 Å². The average Bonchev–Trinajstić information content (AvgIpc) is 3.46. The minimum absolute atomic E-state index is 0.000526. The van der Waals surface area contributed by atoms with Crippen LogP contribution in [0.1, 0.15) is 24.2 Å². The normalized spacial score (nSPS) is 13.4. The molecular formula is C19H18N4O3. The fourth-order valence-electron chi connectivity index (χ4n) is 2.57. The van der Waals surface area contributed by atoms with Gasteiger partial charge in [0, 0.05) is 17.5 Å². The summed E-state index contributed by atoms with van der Waals surface area (Å²) < 4.78 is 11.0. The molecule has 132 valence electrons. The van der Waals surface area contributed by atoms with Crippen molar-refractivity contribution in [3.05, 3.63) is 53.8 Å². The van der Waals surface area contributed by atoms with E-state index in [4.69, 9.17) is 9.26 Å². The summed E-state index contributed by atoms with van der Waals surface area (Å²) in [5.74, 6) is 1.63. The number of aromatic nitrogens is 3. The summed E-state index contributed by atoms with van der Waals surface area (Å²) in [5.41, 5.74) is 2.58. The van der Waals surface area contributed by atoms with Gasteiger partial charge in [-0.3, -0.25) is 4.79 Å². The average molecular weight is 350 g/mol. The van der Waals surface area contributed by atoms with Crippen LogP contribution in [0.5, 0.6) is 5.88 Å². The highest BCUT2D eigenvalue weighted by molar-refractivity contribution is 5.93. The Labute approximate surface area is 150 Å². The molecule has 1 saturated carbocycles. The summed E-state index contributed by atoms with van der Waals surface area (Å²) in [6.45, 7) is 2.11. The molecule has 26 heavy (non-hydrogen) atoms. The summed E-state index contributed by atoms with van der Waals surface area (Å²) in [6.07, 6.45) is 1.89. The Bertz CT molecular complexity index is 902. The Morgan fingerprint density at radius 1 is 1.19 bits per heavy atom. The van der Waals surface area contributed by atoms with Gasteiger partial charge >= 0.3 is 0 Å². The van der Waals surface area contributed by atoms with Crippen molar-refractivity contribution in [2.45, 2.75) is 26.4 Å². The maximum Gasteiger partial charge on any atom is 0.233 e. The number of rotatable bonds is 6. The van der Waals surface area contributed by atoms with Crippen molar-refractivity contribution >= 4 is 11.7 Å². The van der Waals surface area contributed by atoms with E-state index in [0.29, 0.717) is 17.5 Å². The van der Waals surface area contributed by atoms with Gasteiger partial charge in [0.25, 0.3) is 0 Å². The molecule has 0 radical (unpaired) electrons. The Hall–Kier alpha value is -3.22. The number of carbonyl (C=O) groups excluding carboxylic acids is 1. The van der Waals surface area contributed by atoms with Gasteiger partial charge < -0.3 is 14.6 Å². The van der Waals surface area contributed by atoms with Crippen molar-refractivity contribution in [2.75, 3.05) is 5.32 Å². The smallest absolute Gasteiger partial charge is 0.233 e. The maximum atomic E-state index is 11.7. The van der Waals surface area contributed by atoms with Gasteiger partial charge in [-0.2, -0.15) is 0 Å². The molecule has 4 rings (SSSR count). The molecule has 2 aromatic heterocycles. The molecular weight excluding hydrogens is 332 g/mol. The number of benzene rings is 1. The molecule has 1 N–H and O–H groups in total. The van der Waals surface area contributed by atoms with Crippen LogP contribution in [0.2, 0.25) is 0 Å². The third kappa shape index (κ3) is 3.56. The van der Waals surface area contributed by atoms with Crippen molar-refractivity contribution in [1.82, 2.24) is 15.4 Å². The van der Waals surface area contributed by atoms with E-state index in [1.807, 2.05) is 37.3 Å². The summed E-state index contributed by atoms with van der Waals surface area (Å²) >= 11 is 0. The van der Waals surface area contributed by atoms with Crippen LogP contribution in [0.4, 0.5) is 5.82 Å². The molecule has 2 heterocycles. The van der Waals surface area contributed by atoms with E-state index >= 15 is 0 Å². The highest BCUT2D eigenvalue weighted by atomic mass is 16.5. The number of ether oxygens (including phenoxy) is 1. The Balaban J connectivity index is 1.43. The number of hydrogen-bond donors (Lipinski definition) is 1. The fourth-order valence-corrected chi connectivity index (χ4v) is 2.57. The Kier molecular flexibility index (Phi) is 4.35. The first-order valence-corrected chi connectivity index (χ1v) is 8.48. The lowest BCUT2D eigenvalue weighted by Crippen LogP contribution is -2.14. The molecule has 1 fully saturated rings. The van der Waals surface area contributed by atoms with Crippen molar-refractivity contribution in [1.29, 1.82) is 0 Å². The molecule has 0 saturated heterocycles. The number of anilines is 1. The van der Waals surface area contributed by atoms with Gasteiger partial charge in [-0.25, -0.2) is 0 Å². The number of carbonyl (C=O) groups is 1. The minimum Gasteiger partial charge on any atom is -0.472 e. The number of amides is 1. The number of nitrogens with zero attached hydrogens (tertiary/aromatic N) is 3. The number of nitrogens with one attached hydrogen (secondary N) is 1. The van der Waals surface area contributed by atoms with Gasteiger partial charge in [0.1, 0.15) is 18.1 Å². The summed E-state index contributed by atoms with van der Waals surface area (Å²) in [7, 11) is 0. The predicted molar refractivity (Wildman–Crippen MR) is 94.4 cm³/mol. The number of hydrogen-bond acceptors (Lipinski definition) is 6. The summed E-state index contributed by atoms with van der Waals surface area (Å²) in [4.78, 5) is 11.7. The Morgan fingerprint density at radius 3 is 2.69 bits per heavy atom. The second kappa shape index (κ2) is 6.95. The van der Waals surface area contributed by atoms with E-state index in [1.165, 1.54) is 0 Å². The molecule has 0 bridgehead atoms. The minimum atomic E-state index is 0.000526. The van der Waals surface area contributed by atoms with E-state index in [2.05, 4.69) is 20.7 Å². The van der Waals surface area contributed by atoms with Crippen LogP contribution in [-0.2, 0) is 11.4 Å². The van der Waals surface area contributed by atoms with Gasteiger partial charge in [-0.1, -0.05) is 35.5 Å². The molecule has 7 heteroatoms. The highest BCUT2D eigenvalue weighted by Gasteiger charge is 2.29. The monoisotopic (exact) mass is 350 g/mol. The lowest BCUT2D eigenvalue weighted by atomic mass is 10.1. The van der Waals surface area contributed by atoms with Gasteiger partial charge in [-0.05, 0) is 25.8 Å². The predicted octanol–water partition coefficient (Wildman–Crippen LogP) is 3.37. The lowest BCUT2D eigenvalue weighted by Gasteiger charge is -2.07.